The molecule has 1 aliphatic rings. The van der Waals surface area contributed by atoms with Crippen molar-refractivity contribution in [1.29, 1.82) is 0 Å². The maximum absolute atomic E-state index is 12.8. The van der Waals surface area contributed by atoms with Crippen molar-refractivity contribution in [2.75, 3.05) is 31.1 Å². The molecule has 0 radical (unpaired) electrons. The number of piperazine rings is 1. The molecule has 28 heavy (non-hydrogen) atoms. The SMILES string of the molecule is Cc1cccc(N2CCN(C(=O)Cn3c(=O)c(=O)[nH]c4ccccc43)CC2)c1. The van der Waals surface area contributed by atoms with Crippen molar-refractivity contribution in [2.45, 2.75) is 13.5 Å². The lowest BCUT2D eigenvalue weighted by atomic mass is 10.2. The van der Waals surface area contributed by atoms with Crippen molar-refractivity contribution in [1.82, 2.24) is 14.5 Å². The van der Waals surface area contributed by atoms with Crippen molar-refractivity contribution < 1.29 is 4.79 Å². The zero-order chi connectivity index (χ0) is 19.7. The average molecular weight is 378 g/mol. The van der Waals surface area contributed by atoms with Crippen molar-refractivity contribution in [3.63, 3.8) is 0 Å². The van der Waals surface area contributed by atoms with E-state index in [2.05, 4.69) is 35.0 Å². The van der Waals surface area contributed by atoms with Gasteiger partial charge in [0.25, 0.3) is 0 Å². The Morgan fingerprint density at radius 1 is 1.00 bits per heavy atom. The highest BCUT2D eigenvalue weighted by atomic mass is 16.2. The summed E-state index contributed by atoms with van der Waals surface area (Å²) in [5, 5.41) is 0. The number of hydrogen-bond acceptors (Lipinski definition) is 4. The Morgan fingerprint density at radius 2 is 1.75 bits per heavy atom. The Hall–Kier alpha value is -3.35. The van der Waals surface area contributed by atoms with Crippen LogP contribution in [0.4, 0.5) is 5.69 Å². The van der Waals surface area contributed by atoms with Crippen LogP contribution in [-0.2, 0) is 11.3 Å². The van der Waals surface area contributed by atoms with E-state index in [4.69, 9.17) is 0 Å². The number of para-hydroxylation sites is 2. The number of aromatic amines is 1. The Balaban J connectivity index is 1.50. The Labute approximate surface area is 161 Å². The molecule has 3 aromatic rings. The standard InChI is InChI=1S/C21H22N4O3/c1-15-5-4-6-16(13-15)23-9-11-24(12-10-23)19(26)14-25-18-8-3-2-7-17(18)22-20(27)21(25)28/h2-8,13H,9-12,14H2,1H3,(H,22,27). The molecule has 1 N–H and O–H groups in total. The molecule has 1 fully saturated rings. The summed E-state index contributed by atoms with van der Waals surface area (Å²) in [5.74, 6) is -0.151. The quantitative estimate of drug-likeness (QED) is 0.698. The van der Waals surface area contributed by atoms with E-state index in [9.17, 15) is 14.4 Å². The number of H-pyrrole nitrogens is 1. The Bertz CT molecular complexity index is 1140. The van der Waals surface area contributed by atoms with Crippen LogP contribution >= 0.6 is 0 Å². The van der Waals surface area contributed by atoms with E-state index in [0.717, 1.165) is 18.8 Å². The third kappa shape index (κ3) is 3.43. The summed E-state index contributed by atoms with van der Waals surface area (Å²) in [7, 11) is 0. The summed E-state index contributed by atoms with van der Waals surface area (Å²) >= 11 is 0. The predicted molar refractivity (Wildman–Crippen MR) is 109 cm³/mol. The summed E-state index contributed by atoms with van der Waals surface area (Å²) in [6.07, 6.45) is 0. The normalized spacial score (nSPS) is 14.5. The lowest BCUT2D eigenvalue weighted by Gasteiger charge is -2.36. The molecule has 7 heteroatoms. The number of aromatic nitrogens is 2. The minimum absolute atomic E-state index is 0.131. The second-order valence-electron chi connectivity index (χ2n) is 7.07. The summed E-state index contributed by atoms with van der Waals surface area (Å²) in [5.41, 5.74) is 2.05. The molecule has 0 atom stereocenters. The van der Waals surface area contributed by atoms with Gasteiger partial charge < -0.3 is 14.8 Å². The number of nitrogens with one attached hydrogen (secondary N) is 1. The maximum Gasteiger partial charge on any atom is 0.317 e. The van der Waals surface area contributed by atoms with Crippen LogP contribution in [0.5, 0.6) is 0 Å². The molecule has 1 aromatic heterocycles. The van der Waals surface area contributed by atoms with Crippen LogP contribution in [0.25, 0.3) is 11.0 Å². The van der Waals surface area contributed by atoms with Gasteiger partial charge in [0, 0.05) is 31.9 Å². The molecule has 1 amide bonds. The van der Waals surface area contributed by atoms with Crippen molar-refractivity contribution in [3.8, 4) is 0 Å². The number of carbonyl (C=O) groups excluding carboxylic acids is 1. The smallest absolute Gasteiger partial charge is 0.317 e. The zero-order valence-corrected chi connectivity index (χ0v) is 15.7. The molecule has 4 rings (SSSR count). The molecular weight excluding hydrogens is 356 g/mol. The summed E-state index contributed by atoms with van der Waals surface area (Å²) < 4.78 is 1.27. The number of hydrogen-bond donors (Lipinski definition) is 1. The number of fused-ring (bicyclic) bond motifs is 1. The van der Waals surface area contributed by atoms with E-state index < -0.39 is 11.1 Å². The van der Waals surface area contributed by atoms with Gasteiger partial charge in [-0.15, -0.1) is 0 Å². The largest absolute Gasteiger partial charge is 0.368 e. The Kier molecular flexibility index (Phi) is 4.73. The second kappa shape index (κ2) is 7.34. The fourth-order valence-corrected chi connectivity index (χ4v) is 3.65. The number of amides is 1. The second-order valence-corrected chi connectivity index (χ2v) is 7.07. The number of aryl methyl sites for hydroxylation is 1. The van der Waals surface area contributed by atoms with Crippen LogP contribution in [0.15, 0.2) is 58.1 Å². The van der Waals surface area contributed by atoms with Gasteiger partial charge in [-0.3, -0.25) is 19.0 Å². The fourth-order valence-electron chi connectivity index (χ4n) is 3.65. The van der Waals surface area contributed by atoms with Gasteiger partial charge in [0.2, 0.25) is 5.91 Å². The molecule has 2 aromatic carbocycles. The predicted octanol–water partition coefficient (Wildman–Crippen LogP) is 1.35. The molecule has 7 nitrogen and oxygen atoms in total. The zero-order valence-electron chi connectivity index (χ0n) is 15.7. The third-order valence-corrected chi connectivity index (χ3v) is 5.17. The van der Waals surface area contributed by atoms with Crippen LogP contribution in [-0.4, -0.2) is 46.5 Å². The van der Waals surface area contributed by atoms with Gasteiger partial charge in [-0.1, -0.05) is 24.3 Å². The fraction of sp³-hybridized carbons (Fsp3) is 0.286. The highest BCUT2D eigenvalue weighted by Crippen LogP contribution is 2.18. The first-order valence-corrected chi connectivity index (χ1v) is 9.34. The van der Waals surface area contributed by atoms with Crippen molar-refractivity contribution in [2.24, 2.45) is 0 Å². The molecule has 1 saturated heterocycles. The molecular formula is C21H22N4O3. The number of benzene rings is 2. The summed E-state index contributed by atoms with van der Waals surface area (Å²) in [4.78, 5) is 43.6. The van der Waals surface area contributed by atoms with Crippen LogP contribution in [0.2, 0.25) is 0 Å². The van der Waals surface area contributed by atoms with Crippen molar-refractivity contribution >= 4 is 22.6 Å². The van der Waals surface area contributed by atoms with E-state index in [1.807, 2.05) is 6.07 Å². The van der Waals surface area contributed by atoms with Gasteiger partial charge in [0.15, 0.2) is 0 Å². The van der Waals surface area contributed by atoms with E-state index in [0.29, 0.717) is 24.1 Å². The molecule has 0 aliphatic carbocycles. The minimum atomic E-state index is -0.712. The first kappa shape index (κ1) is 18.0. The van der Waals surface area contributed by atoms with Crippen LogP contribution < -0.4 is 16.0 Å². The highest BCUT2D eigenvalue weighted by molar-refractivity contribution is 5.80. The van der Waals surface area contributed by atoms with Crippen LogP contribution in [0, 0.1) is 6.92 Å². The first-order valence-electron chi connectivity index (χ1n) is 9.34. The lowest BCUT2D eigenvalue weighted by Crippen LogP contribution is -2.50. The van der Waals surface area contributed by atoms with Gasteiger partial charge in [0.05, 0.1) is 11.0 Å². The Morgan fingerprint density at radius 3 is 2.50 bits per heavy atom. The molecule has 0 bridgehead atoms. The lowest BCUT2D eigenvalue weighted by molar-refractivity contribution is -0.132. The number of rotatable bonds is 3. The number of carbonyl (C=O) groups is 1. The minimum Gasteiger partial charge on any atom is -0.368 e. The van der Waals surface area contributed by atoms with Gasteiger partial charge in [0.1, 0.15) is 6.54 Å². The third-order valence-electron chi connectivity index (χ3n) is 5.17. The molecule has 144 valence electrons. The molecule has 1 aliphatic heterocycles. The number of anilines is 1. The highest BCUT2D eigenvalue weighted by Gasteiger charge is 2.22. The monoisotopic (exact) mass is 378 g/mol. The maximum atomic E-state index is 12.8. The first-order chi connectivity index (χ1) is 13.5. The van der Waals surface area contributed by atoms with E-state index in [1.54, 1.807) is 29.2 Å². The molecule has 0 unspecified atom stereocenters. The van der Waals surface area contributed by atoms with E-state index in [1.165, 1.54) is 10.1 Å². The molecule has 0 saturated carbocycles. The van der Waals surface area contributed by atoms with Crippen molar-refractivity contribution in [3.05, 3.63) is 74.8 Å². The van der Waals surface area contributed by atoms with E-state index >= 15 is 0 Å². The summed E-state index contributed by atoms with van der Waals surface area (Å²) in [6, 6.07) is 15.3. The molecule has 2 heterocycles. The van der Waals surface area contributed by atoms with Crippen LogP contribution in [0.1, 0.15) is 5.56 Å². The van der Waals surface area contributed by atoms with E-state index in [-0.39, 0.29) is 12.5 Å². The van der Waals surface area contributed by atoms with Gasteiger partial charge in [-0.05, 0) is 36.8 Å². The molecule has 0 spiro atoms. The van der Waals surface area contributed by atoms with Gasteiger partial charge in [-0.25, -0.2) is 0 Å². The summed E-state index contributed by atoms with van der Waals surface area (Å²) in [6.45, 7) is 4.58. The topological polar surface area (TPSA) is 78.4 Å². The number of nitrogens with zero attached hydrogens (tertiary/aromatic N) is 3. The van der Waals surface area contributed by atoms with Gasteiger partial charge >= 0.3 is 11.1 Å². The van der Waals surface area contributed by atoms with Crippen LogP contribution in [0.3, 0.4) is 0 Å². The average Bonchev–Trinajstić information content (AvgIpc) is 2.71. The van der Waals surface area contributed by atoms with Gasteiger partial charge in [-0.2, -0.15) is 0 Å².